The lowest BCUT2D eigenvalue weighted by molar-refractivity contribution is -0.219. The molecule has 4 aliphatic carbocycles. The van der Waals surface area contributed by atoms with Gasteiger partial charge in [0.1, 0.15) is 0 Å². The first-order valence-electron chi connectivity index (χ1n) is 13.0. The van der Waals surface area contributed by atoms with E-state index in [1.54, 1.807) is 13.0 Å². The van der Waals surface area contributed by atoms with Gasteiger partial charge in [-0.05, 0) is 76.0 Å². The lowest BCUT2D eigenvalue weighted by Gasteiger charge is -2.62. The molecule has 0 aromatic heterocycles. The number of rotatable bonds is 7. The van der Waals surface area contributed by atoms with Crippen LogP contribution in [-0.4, -0.2) is 52.4 Å². The molecule has 7 heteroatoms. The first kappa shape index (κ1) is 25.5. The van der Waals surface area contributed by atoms with Crippen LogP contribution in [0.5, 0.6) is 0 Å². The highest BCUT2D eigenvalue weighted by molar-refractivity contribution is 6.01. The number of alkyl halides is 1. The first-order chi connectivity index (χ1) is 16.0. The number of halogens is 1. The minimum Gasteiger partial charge on any atom is -0.390 e. The summed E-state index contributed by atoms with van der Waals surface area (Å²) in [5.41, 5.74) is 0.620. The fourth-order valence-corrected chi connectivity index (χ4v) is 7.99. The number of fused-ring (bicyclic) bond motifs is 5. The Morgan fingerprint density at radius 1 is 1.24 bits per heavy atom. The fraction of sp³-hybridized carbons (Fsp3) is 0.778. The van der Waals surface area contributed by atoms with E-state index in [9.17, 15) is 19.8 Å². The third kappa shape index (κ3) is 3.37. The number of nitrogens with two attached hydrogens (primary N) is 1. The molecule has 4 rings (SSSR count). The molecule has 0 spiro atoms. The van der Waals surface area contributed by atoms with E-state index >= 15 is 4.39 Å². The van der Waals surface area contributed by atoms with Crippen molar-refractivity contribution in [2.24, 2.45) is 34.3 Å². The van der Waals surface area contributed by atoms with Gasteiger partial charge in [-0.3, -0.25) is 9.59 Å². The van der Waals surface area contributed by atoms with Crippen molar-refractivity contribution >= 4 is 11.7 Å². The largest absolute Gasteiger partial charge is 0.390 e. The number of carbonyl (C=O) groups excluding carboxylic acids is 2. The Kier molecular flexibility index (Phi) is 6.62. The summed E-state index contributed by atoms with van der Waals surface area (Å²) < 4.78 is 17.2. The maximum absolute atomic E-state index is 17.2. The Balaban J connectivity index is 1.59. The Morgan fingerprint density at radius 3 is 2.65 bits per heavy atom. The molecule has 0 aromatic rings. The van der Waals surface area contributed by atoms with Crippen LogP contribution >= 0.6 is 0 Å². The van der Waals surface area contributed by atoms with Crippen molar-refractivity contribution in [3.05, 3.63) is 23.8 Å². The summed E-state index contributed by atoms with van der Waals surface area (Å²) >= 11 is 0. The van der Waals surface area contributed by atoms with Crippen LogP contribution in [0.3, 0.4) is 0 Å². The van der Waals surface area contributed by atoms with E-state index in [0.717, 1.165) is 31.3 Å². The second-order valence-corrected chi connectivity index (χ2v) is 11.6. The van der Waals surface area contributed by atoms with E-state index < -0.39 is 40.0 Å². The number of hydrogen-bond acceptors (Lipinski definition) is 5. The number of ketones is 1. The quantitative estimate of drug-likeness (QED) is 0.422. The van der Waals surface area contributed by atoms with E-state index in [-0.39, 0.29) is 24.0 Å². The topological polar surface area (TPSA) is 113 Å². The predicted molar refractivity (Wildman–Crippen MR) is 128 cm³/mol. The molecule has 0 radical (unpaired) electrons. The van der Waals surface area contributed by atoms with Crippen molar-refractivity contribution in [2.45, 2.75) is 89.5 Å². The average Bonchev–Trinajstić information content (AvgIpc) is 2.99. The van der Waals surface area contributed by atoms with Gasteiger partial charge in [-0.25, -0.2) is 4.39 Å². The van der Waals surface area contributed by atoms with Crippen molar-refractivity contribution in [2.75, 3.05) is 13.1 Å². The summed E-state index contributed by atoms with van der Waals surface area (Å²) in [6.45, 7) is 6.64. The van der Waals surface area contributed by atoms with Crippen LogP contribution in [0.15, 0.2) is 23.8 Å². The molecule has 5 N–H and O–H groups in total. The molecule has 3 fully saturated rings. The maximum atomic E-state index is 17.2. The smallest absolute Gasteiger partial charge is 0.252 e. The Labute approximate surface area is 202 Å². The normalized spacial score (nSPS) is 45.3. The van der Waals surface area contributed by atoms with Crippen molar-refractivity contribution in [3.63, 3.8) is 0 Å². The number of nitrogens with one attached hydrogen (secondary N) is 1. The van der Waals surface area contributed by atoms with Gasteiger partial charge in [-0.2, -0.15) is 0 Å². The number of aliphatic hydroxyl groups excluding tert-OH is 1. The molecule has 0 unspecified atom stereocenters. The van der Waals surface area contributed by atoms with Gasteiger partial charge in [0.2, 0.25) is 0 Å². The first-order valence-corrected chi connectivity index (χ1v) is 13.0. The van der Waals surface area contributed by atoms with Crippen molar-refractivity contribution < 1.29 is 24.2 Å². The van der Waals surface area contributed by atoms with Gasteiger partial charge in [0.05, 0.1) is 6.10 Å². The Morgan fingerprint density at radius 2 is 1.94 bits per heavy atom. The van der Waals surface area contributed by atoms with Crippen molar-refractivity contribution in [3.8, 4) is 0 Å². The number of hydrogen-bond donors (Lipinski definition) is 4. The zero-order valence-electron chi connectivity index (χ0n) is 20.8. The molecule has 34 heavy (non-hydrogen) atoms. The van der Waals surface area contributed by atoms with E-state index in [0.29, 0.717) is 32.4 Å². The second-order valence-electron chi connectivity index (χ2n) is 11.6. The summed E-state index contributed by atoms with van der Waals surface area (Å²) in [4.78, 5) is 25.4. The fourth-order valence-electron chi connectivity index (χ4n) is 7.99. The van der Waals surface area contributed by atoms with Gasteiger partial charge in [0.15, 0.2) is 17.1 Å². The molecular weight excluding hydrogens is 435 g/mol. The van der Waals surface area contributed by atoms with Crippen LogP contribution < -0.4 is 11.1 Å². The summed E-state index contributed by atoms with van der Waals surface area (Å²) in [6, 6.07) is 0. The van der Waals surface area contributed by atoms with Crippen LogP contribution in [0.25, 0.3) is 0 Å². The third-order valence-electron chi connectivity index (χ3n) is 9.99. The van der Waals surface area contributed by atoms with Gasteiger partial charge in [-0.1, -0.05) is 38.3 Å². The highest BCUT2D eigenvalue weighted by Crippen LogP contribution is 2.70. The molecule has 8 atom stereocenters. The highest BCUT2D eigenvalue weighted by Gasteiger charge is 2.75. The van der Waals surface area contributed by atoms with E-state index in [1.165, 1.54) is 12.2 Å². The zero-order valence-corrected chi connectivity index (χ0v) is 20.8. The molecular formula is C27H41FN2O4. The highest BCUT2D eigenvalue weighted by atomic mass is 19.1. The minimum atomic E-state index is -1.96. The molecule has 190 valence electrons. The van der Waals surface area contributed by atoms with Gasteiger partial charge >= 0.3 is 0 Å². The van der Waals surface area contributed by atoms with Crippen LogP contribution in [-0.2, 0) is 9.59 Å². The van der Waals surface area contributed by atoms with E-state index in [2.05, 4.69) is 5.32 Å². The van der Waals surface area contributed by atoms with Gasteiger partial charge in [0.25, 0.3) is 5.91 Å². The van der Waals surface area contributed by atoms with Crippen LogP contribution in [0.4, 0.5) is 4.39 Å². The molecule has 0 heterocycles. The van der Waals surface area contributed by atoms with Gasteiger partial charge in [-0.15, -0.1) is 0 Å². The lowest BCUT2D eigenvalue weighted by atomic mass is 9.44. The molecule has 3 saturated carbocycles. The van der Waals surface area contributed by atoms with E-state index in [4.69, 9.17) is 5.73 Å². The number of allylic oxidation sites excluding steroid dienone is 4. The molecule has 0 bridgehead atoms. The van der Waals surface area contributed by atoms with Crippen molar-refractivity contribution in [1.29, 1.82) is 0 Å². The Hall–Kier alpha value is -1.57. The zero-order chi connectivity index (χ0) is 24.9. The minimum absolute atomic E-state index is 0.0000824. The summed E-state index contributed by atoms with van der Waals surface area (Å²) in [5, 5.41) is 26.2. The number of carbonyl (C=O) groups is 2. The standard InChI is InChI=1S/C27H41FN2O4/c1-17-14-21-20-9-8-18-15-19(31)10-11-24(18,2)26(20,28)22(32)16-25(21,3)27(17,34)23(33)30-13-7-5-4-6-12-29/h10-11,15,17,20-22,32,34H,4-9,12-14,16,29H2,1-3H3,(H,30,33)/t17-,20+,21+,22+,24+,25+,26+,27+/m1/s1. The number of unbranched alkanes of at least 4 members (excludes halogenated alkanes) is 3. The molecule has 6 nitrogen and oxygen atoms in total. The monoisotopic (exact) mass is 476 g/mol. The van der Waals surface area contributed by atoms with Crippen molar-refractivity contribution in [1.82, 2.24) is 5.32 Å². The second kappa shape index (κ2) is 8.82. The lowest BCUT2D eigenvalue weighted by Crippen LogP contribution is -2.70. The average molecular weight is 477 g/mol. The maximum Gasteiger partial charge on any atom is 0.252 e. The summed E-state index contributed by atoms with van der Waals surface area (Å²) in [6.07, 6.45) is 8.52. The number of amides is 1. The Bertz CT molecular complexity index is 905. The van der Waals surface area contributed by atoms with Crippen LogP contribution in [0.2, 0.25) is 0 Å². The SMILES string of the molecule is C[C@@H]1C[C@H]2[C@@H]3CCC4=CC(=O)C=C[C@]4(C)[C@@]3(F)[C@@H](O)C[C@]2(C)[C@@]1(O)C(=O)NCCCCCCN. The summed E-state index contributed by atoms with van der Waals surface area (Å²) in [7, 11) is 0. The predicted octanol–water partition coefficient (Wildman–Crippen LogP) is 2.97. The van der Waals surface area contributed by atoms with Gasteiger partial charge in [0, 0.05) is 23.3 Å². The number of aliphatic hydroxyl groups is 2. The molecule has 0 saturated heterocycles. The van der Waals surface area contributed by atoms with Gasteiger partial charge < -0.3 is 21.3 Å². The molecule has 4 aliphatic rings. The van der Waals surface area contributed by atoms with Crippen LogP contribution in [0.1, 0.15) is 72.1 Å². The molecule has 1 amide bonds. The molecule has 0 aliphatic heterocycles. The third-order valence-corrected chi connectivity index (χ3v) is 9.99. The van der Waals surface area contributed by atoms with E-state index in [1.807, 2.05) is 13.8 Å². The molecule has 0 aromatic carbocycles. The summed E-state index contributed by atoms with van der Waals surface area (Å²) in [5.74, 6) is -1.67. The van der Waals surface area contributed by atoms with Crippen LogP contribution in [0, 0.1) is 28.6 Å².